The molecule has 0 saturated carbocycles. The normalized spacial score (nSPS) is 11.4. The number of methoxy groups -OCH3 is 2. The number of nitrogen functional groups attached to an aromatic ring is 1. The molecule has 0 atom stereocenters. The van der Waals surface area contributed by atoms with E-state index in [2.05, 4.69) is 10.2 Å². The minimum atomic E-state index is -3.06. The van der Waals surface area contributed by atoms with Crippen LogP contribution >= 0.6 is 0 Å². The lowest BCUT2D eigenvalue weighted by Crippen LogP contribution is -2.10. The summed E-state index contributed by atoms with van der Waals surface area (Å²) in [7, 11) is 2.82. The molecular weight excluding hydrogens is 268 g/mol. The van der Waals surface area contributed by atoms with Crippen LogP contribution in [0.4, 0.5) is 14.6 Å². The van der Waals surface area contributed by atoms with Crippen molar-refractivity contribution in [2.24, 2.45) is 0 Å². The zero-order valence-electron chi connectivity index (χ0n) is 11.3. The van der Waals surface area contributed by atoms with E-state index in [-0.39, 0.29) is 22.7 Å². The molecule has 7 heteroatoms. The number of benzene rings is 1. The van der Waals surface area contributed by atoms with E-state index in [4.69, 9.17) is 15.2 Å². The Balaban J connectivity index is 2.74. The van der Waals surface area contributed by atoms with Gasteiger partial charge in [-0.3, -0.25) is 5.10 Å². The highest BCUT2D eigenvalue weighted by atomic mass is 19.3. The highest BCUT2D eigenvalue weighted by Crippen LogP contribution is 2.43. The molecule has 0 radical (unpaired) electrons. The van der Waals surface area contributed by atoms with E-state index >= 15 is 0 Å². The second-order valence-electron chi connectivity index (χ2n) is 4.34. The van der Waals surface area contributed by atoms with Crippen LogP contribution in [0.1, 0.15) is 12.5 Å². The van der Waals surface area contributed by atoms with Gasteiger partial charge in [0.2, 0.25) is 0 Å². The molecule has 108 valence electrons. The molecule has 2 rings (SSSR count). The van der Waals surface area contributed by atoms with Crippen molar-refractivity contribution in [2.75, 3.05) is 20.0 Å². The summed E-state index contributed by atoms with van der Waals surface area (Å²) in [5.74, 6) is -2.27. The van der Waals surface area contributed by atoms with Crippen molar-refractivity contribution in [1.82, 2.24) is 10.2 Å². The number of rotatable bonds is 4. The first kappa shape index (κ1) is 14.1. The van der Waals surface area contributed by atoms with Gasteiger partial charge in [-0.05, 0) is 12.1 Å². The molecule has 0 spiro atoms. The number of ether oxygens (including phenoxy) is 2. The van der Waals surface area contributed by atoms with Gasteiger partial charge in [0.05, 0.1) is 20.4 Å². The van der Waals surface area contributed by atoms with Crippen molar-refractivity contribution >= 4 is 5.82 Å². The second kappa shape index (κ2) is 4.99. The van der Waals surface area contributed by atoms with Crippen LogP contribution in [0, 0.1) is 0 Å². The molecule has 0 aliphatic heterocycles. The highest BCUT2D eigenvalue weighted by molar-refractivity contribution is 5.78. The Morgan fingerprint density at radius 1 is 1.15 bits per heavy atom. The summed E-state index contributed by atoms with van der Waals surface area (Å²) < 4.78 is 37.8. The number of aromatic nitrogens is 2. The van der Waals surface area contributed by atoms with Crippen LogP contribution in [0.2, 0.25) is 0 Å². The van der Waals surface area contributed by atoms with Crippen LogP contribution in [0.15, 0.2) is 18.3 Å². The molecule has 0 unspecified atom stereocenters. The quantitative estimate of drug-likeness (QED) is 0.905. The van der Waals surface area contributed by atoms with Gasteiger partial charge in [-0.15, -0.1) is 0 Å². The molecule has 2 aromatic rings. The van der Waals surface area contributed by atoms with E-state index in [1.165, 1.54) is 32.5 Å². The zero-order chi connectivity index (χ0) is 14.9. The molecule has 1 heterocycles. The molecule has 3 N–H and O–H groups in total. The number of anilines is 1. The summed E-state index contributed by atoms with van der Waals surface area (Å²) in [6.45, 7) is 0.814. The summed E-state index contributed by atoms with van der Waals surface area (Å²) in [4.78, 5) is 0. The predicted octanol–water partition coefficient (Wildman–Crippen LogP) is 2.79. The molecule has 0 aliphatic rings. The van der Waals surface area contributed by atoms with Crippen LogP contribution in [0.5, 0.6) is 11.5 Å². The van der Waals surface area contributed by atoms with Crippen molar-refractivity contribution in [3.63, 3.8) is 0 Å². The van der Waals surface area contributed by atoms with Crippen molar-refractivity contribution in [2.45, 2.75) is 12.8 Å². The maximum Gasteiger partial charge on any atom is 0.271 e. The van der Waals surface area contributed by atoms with Gasteiger partial charge in [0.1, 0.15) is 5.82 Å². The van der Waals surface area contributed by atoms with Gasteiger partial charge in [-0.25, -0.2) is 8.78 Å². The first-order chi connectivity index (χ1) is 9.38. The molecule has 5 nitrogen and oxygen atoms in total. The minimum absolute atomic E-state index is 0.205. The van der Waals surface area contributed by atoms with Gasteiger partial charge >= 0.3 is 0 Å². The molecular formula is C13H15F2N3O2. The molecule has 1 aromatic carbocycles. The standard InChI is InChI=1S/C13H15F2N3O2/c1-13(14,15)9-5-11(20-3)10(19-2)4-7(9)8-6-17-18-12(8)16/h4-6H,1-3H3,(H3,16,17,18). The smallest absolute Gasteiger partial charge is 0.271 e. The first-order valence-electron chi connectivity index (χ1n) is 5.82. The van der Waals surface area contributed by atoms with E-state index in [1.54, 1.807) is 0 Å². The summed E-state index contributed by atoms with van der Waals surface area (Å²) in [5, 5.41) is 6.28. The van der Waals surface area contributed by atoms with Crippen molar-refractivity contribution in [1.29, 1.82) is 0 Å². The lowest BCUT2D eigenvalue weighted by atomic mass is 9.96. The second-order valence-corrected chi connectivity index (χ2v) is 4.34. The molecule has 0 aliphatic carbocycles. The number of H-pyrrole nitrogens is 1. The molecule has 0 saturated heterocycles. The Morgan fingerprint density at radius 3 is 2.20 bits per heavy atom. The average molecular weight is 283 g/mol. The maximum atomic E-state index is 13.8. The fraction of sp³-hybridized carbons (Fsp3) is 0.308. The molecule has 0 bridgehead atoms. The van der Waals surface area contributed by atoms with Gasteiger partial charge in [-0.2, -0.15) is 5.10 Å². The van der Waals surface area contributed by atoms with Gasteiger partial charge in [0, 0.05) is 23.6 Å². The van der Waals surface area contributed by atoms with Gasteiger partial charge in [0.15, 0.2) is 11.5 Å². The van der Waals surface area contributed by atoms with Gasteiger partial charge in [-0.1, -0.05) is 0 Å². The van der Waals surface area contributed by atoms with Gasteiger partial charge in [0.25, 0.3) is 5.92 Å². The van der Waals surface area contributed by atoms with Crippen LogP contribution in [0.3, 0.4) is 0 Å². The predicted molar refractivity (Wildman–Crippen MR) is 71.1 cm³/mol. The summed E-state index contributed by atoms with van der Waals surface area (Å²) in [6.07, 6.45) is 1.39. The number of nitrogens with one attached hydrogen (secondary N) is 1. The number of halogens is 2. The highest BCUT2D eigenvalue weighted by Gasteiger charge is 2.31. The van der Waals surface area contributed by atoms with Crippen molar-refractivity contribution < 1.29 is 18.3 Å². The topological polar surface area (TPSA) is 73.2 Å². The number of hydrogen-bond acceptors (Lipinski definition) is 4. The minimum Gasteiger partial charge on any atom is -0.493 e. The third-order valence-corrected chi connectivity index (χ3v) is 2.96. The van der Waals surface area contributed by atoms with Crippen LogP contribution < -0.4 is 15.2 Å². The van der Waals surface area contributed by atoms with Crippen LogP contribution in [0.25, 0.3) is 11.1 Å². The first-order valence-corrected chi connectivity index (χ1v) is 5.82. The fourth-order valence-electron chi connectivity index (χ4n) is 1.98. The average Bonchev–Trinajstić information content (AvgIpc) is 2.82. The summed E-state index contributed by atoms with van der Waals surface area (Å²) >= 11 is 0. The molecule has 1 aromatic heterocycles. The Labute approximate surface area is 114 Å². The van der Waals surface area contributed by atoms with Crippen molar-refractivity contribution in [3.8, 4) is 22.6 Å². The fourth-order valence-corrected chi connectivity index (χ4v) is 1.98. The van der Waals surface area contributed by atoms with Crippen LogP contribution in [-0.2, 0) is 5.92 Å². The van der Waals surface area contributed by atoms with Crippen molar-refractivity contribution in [3.05, 3.63) is 23.9 Å². The Kier molecular flexibility index (Phi) is 3.52. The van der Waals surface area contributed by atoms with E-state index in [1.807, 2.05) is 0 Å². The van der Waals surface area contributed by atoms with E-state index < -0.39 is 5.92 Å². The van der Waals surface area contributed by atoms with Gasteiger partial charge < -0.3 is 15.2 Å². The lowest BCUT2D eigenvalue weighted by Gasteiger charge is -2.18. The van der Waals surface area contributed by atoms with E-state index in [0.29, 0.717) is 11.3 Å². The summed E-state index contributed by atoms with van der Waals surface area (Å²) in [6, 6.07) is 2.72. The Morgan fingerprint density at radius 2 is 1.75 bits per heavy atom. The third-order valence-electron chi connectivity index (χ3n) is 2.96. The number of hydrogen-bond donors (Lipinski definition) is 2. The maximum absolute atomic E-state index is 13.8. The molecule has 20 heavy (non-hydrogen) atoms. The number of nitrogens with two attached hydrogens (primary N) is 1. The summed E-state index contributed by atoms with van der Waals surface area (Å²) in [5.41, 5.74) is 6.15. The number of alkyl halides is 2. The van der Waals surface area contributed by atoms with Crippen LogP contribution in [-0.4, -0.2) is 24.4 Å². The van der Waals surface area contributed by atoms with E-state index in [9.17, 15) is 8.78 Å². The lowest BCUT2D eigenvalue weighted by molar-refractivity contribution is 0.0178. The molecule has 0 amide bonds. The Hall–Kier alpha value is -2.31. The number of aromatic amines is 1. The molecule has 0 fully saturated rings. The monoisotopic (exact) mass is 283 g/mol. The number of nitrogens with zero attached hydrogens (tertiary/aromatic N) is 1. The largest absolute Gasteiger partial charge is 0.493 e. The Bertz CT molecular complexity index is 621. The SMILES string of the molecule is COc1cc(-c2cn[nH]c2N)c(C(C)(F)F)cc1OC. The third kappa shape index (κ3) is 2.38. The van der Waals surface area contributed by atoms with E-state index in [0.717, 1.165) is 6.92 Å². The zero-order valence-corrected chi connectivity index (χ0v) is 11.3.